The Morgan fingerprint density at radius 1 is 1.50 bits per heavy atom. The molecule has 10 heavy (non-hydrogen) atoms. The van der Waals surface area contributed by atoms with Crippen molar-refractivity contribution in [3.8, 4) is 0 Å². The van der Waals surface area contributed by atoms with E-state index in [0.717, 1.165) is 0 Å². The first-order valence-electron chi connectivity index (χ1n) is 2.41. The zero-order valence-electron chi connectivity index (χ0n) is 5.55. The second-order valence-electron chi connectivity index (χ2n) is 1.45. The lowest BCUT2D eigenvalue weighted by Crippen LogP contribution is -2.17. The summed E-state index contributed by atoms with van der Waals surface area (Å²) in [5.74, 6) is -0.512. The van der Waals surface area contributed by atoms with Gasteiger partial charge in [-0.3, -0.25) is 9.59 Å². The van der Waals surface area contributed by atoms with Crippen LogP contribution in [0.4, 0.5) is 0 Å². The molecule has 5 heteroatoms. The van der Waals surface area contributed by atoms with E-state index in [-0.39, 0.29) is 5.71 Å². The zero-order chi connectivity index (χ0) is 8.15. The Hall–Kier alpha value is -0.900. The van der Waals surface area contributed by atoms with Crippen LogP contribution in [-0.2, 0) is 14.4 Å². The fourth-order valence-corrected chi connectivity index (χ4v) is 0.497. The van der Waals surface area contributed by atoms with Gasteiger partial charge in [-0.25, -0.2) is 0 Å². The maximum atomic E-state index is 10.5. The number of carbonyl (C=O) groups excluding carboxylic acids is 2. The van der Waals surface area contributed by atoms with Gasteiger partial charge in [0.15, 0.2) is 5.78 Å². The lowest BCUT2D eigenvalue weighted by molar-refractivity contribution is -0.113. The van der Waals surface area contributed by atoms with Crippen molar-refractivity contribution in [2.45, 2.75) is 6.92 Å². The van der Waals surface area contributed by atoms with E-state index in [4.69, 9.17) is 11.6 Å². The molecule has 0 bridgehead atoms. The standard InChI is InChI=1S/C5H6ClNO3/c1-3(8)4(5(6)9)7-10-2/h1-2H3/b7-4-. The van der Waals surface area contributed by atoms with Crippen LogP contribution in [-0.4, -0.2) is 23.8 Å². The van der Waals surface area contributed by atoms with Gasteiger partial charge in [-0.05, 0) is 11.6 Å². The van der Waals surface area contributed by atoms with E-state index >= 15 is 0 Å². The van der Waals surface area contributed by atoms with Crippen molar-refractivity contribution in [1.29, 1.82) is 0 Å². The summed E-state index contributed by atoms with van der Waals surface area (Å²) in [6, 6.07) is 0. The highest BCUT2D eigenvalue weighted by Crippen LogP contribution is 1.89. The van der Waals surface area contributed by atoms with Crippen LogP contribution in [0.2, 0.25) is 0 Å². The smallest absolute Gasteiger partial charge is 0.277 e. The summed E-state index contributed by atoms with van der Waals surface area (Å²) in [5.41, 5.74) is -0.385. The normalized spacial score (nSPS) is 10.9. The Morgan fingerprint density at radius 2 is 2.00 bits per heavy atom. The summed E-state index contributed by atoms with van der Waals surface area (Å²) in [6.45, 7) is 1.18. The molecule has 56 valence electrons. The van der Waals surface area contributed by atoms with Gasteiger partial charge >= 0.3 is 0 Å². The molecule has 0 unspecified atom stereocenters. The maximum absolute atomic E-state index is 10.5. The Balaban J connectivity index is 4.42. The first-order valence-corrected chi connectivity index (χ1v) is 2.79. The minimum Gasteiger partial charge on any atom is -0.398 e. The molecule has 0 aromatic carbocycles. The maximum Gasteiger partial charge on any atom is 0.277 e. The van der Waals surface area contributed by atoms with E-state index in [1.54, 1.807) is 0 Å². The van der Waals surface area contributed by atoms with Gasteiger partial charge in [-0.15, -0.1) is 0 Å². The number of Topliss-reactive ketones (excluding diaryl/α,β-unsaturated/α-hetero) is 1. The minimum atomic E-state index is -0.908. The monoisotopic (exact) mass is 163 g/mol. The quantitative estimate of drug-likeness (QED) is 0.261. The molecule has 0 spiro atoms. The Kier molecular flexibility index (Phi) is 3.64. The molecule has 0 aliphatic heterocycles. The van der Waals surface area contributed by atoms with Crippen molar-refractivity contribution >= 4 is 28.3 Å². The van der Waals surface area contributed by atoms with Crippen molar-refractivity contribution < 1.29 is 14.4 Å². The fourth-order valence-electron chi connectivity index (χ4n) is 0.330. The first-order chi connectivity index (χ1) is 4.59. The largest absolute Gasteiger partial charge is 0.398 e. The molecule has 0 saturated carbocycles. The fraction of sp³-hybridized carbons (Fsp3) is 0.400. The third-order valence-corrected chi connectivity index (χ3v) is 0.881. The van der Waals surface area contributed by atoms with E-state index in [2.05, 4.69) is 9.99 Å². The zero-order valence-corrected chi connectivity index (χ0v) is 6.31. The molecule has 0 aromatic rings. The van der Waals surface area contributed by atoms with Crippen LogP contribution in [0.15, 0.2) is 5.16 Å². The lowest BCUT2D eigenvalue weighted by atomic mass is 10.3. The van der Waals surface area contributed by atoms with E-state index in [0.29, 0.717) is 0 Å². The predicted octanol–water partition coefficient (Wildman–Crippen LogP) is 0.343. The second kappa shape index (κ2) is 4.00. The molecule has 0 aliphatic rings. The molecule has 0 aliphatic carbocycles. The van der Waals surface area contributed by atoms with Gasteiger partial charge in [0.1, 0.15) is 7.11 Å². The average Bonchev–Trinajstić information content (AvgIpc) is 1.81. The van der Waals surface area contributed by atoms with Crippen LogP contribution < -0.4 is 0 Å². The summed E-state index contributed by atoms with van der Waals surface area (Å²) in [6.07, 6.45) is 0. The number of halogens is 1. The third kappa shape index (κ3) is 2.59. The summed E-state index contributed by atoms with van der Waals surface area (Å²) >= 11 is 4.95. The highest BCUT2D eigenvalue weighted by atomic mass is 35.5. The van der Waals surface area contributed by atoms with Crippen LogP contribution in [0.5, 0.6) is 0 Å². The molecule has 0 radical (unpaired) electrons. The molecule has 0 fully saturated rings. The van der Waals surface area contributed by atoms with Crippen molar-refractivity contribution in [3.05, 3.63) is 0 Å². The molecule has 0 aromatic heterocycles. The number of hydrogen-bond donors (Lipinski definition) is 0. The highest BCUT2D eigenvalue weighted by molar-refractivity contribution is 6.90. The topological polar surface area (TPSA) is 55.7 Å². The molecular weight excluding hydrogens is 158 g/mol. The van der Waals surface area contributed by atoms with Crippen molar-refractivity contribution in [2.24, 2.45) is 5.16 Å². The average molecular weight is 164 g/mol. The van der Waals surface area contributed by atoms with Crippen LogP contribution in [0.25, 0.3) is 0 Å². The molecule has 0 atom stereocenters. The second-order valence-corrected chi connectivity index (χ2v) is 1.80. The molecule has 0 rings (SSSR count). The molecule has 0 N–H and O–H groups in total. The summed E-state index contributed by atoms with van der Waals surface area (Å²) in [5, 5.41) is 2.20. The van der Waals surface area contributed by atoms with E-state index in [1.807, 2.05) is 0 Å². The van der Waals surface area contributed by atoms with Gasteiger partial charge in [0, 0.05) is 6.92 Å². The molecule has 4 nitrogen and oxygen atoms in total. The van der Waals surface area contributed by atoms with Gasteiger partial charge in [-0.2, -0.15) is 0 Å². The Labute approximate surface area is 62.8 Å². The molecule has 0 amide bonds. The first kappa shape index (κ1) is 9.10. The number of oxime groups is 1. The third-order valence-electron chi connectivity index (χ3n) is 0.702. The molecule has 0 heterocycles. The summed E-state index contributed by atoms with van der Waals surface area (Å²) in [7, 11) is 1.22. The number of ketones is 1. The van der Waals surface area contributed by atoms with Gasteiger partial charge < -0.3 is 4.84 Å². The number of carbonyl (C=O) groups is 2. The van der Waals surface area contributed by atoms with Crippen LogP contribution in [0.3, 0.4) is 0 Å². The minimum absolute atomic E-state index is 0.385. The van der Waals surface area contributed by atoms with Gasteiger partial charge in [-0.1, -0.05) is 5.16 Å². The molecular formula is C5H6ClNO3. The van der Waals surface area contributed by atoms with Crippen molar-refractivity contribution in [1.82, 2.24) is 0 Å². The van der Waals surface area contributed by atoms with E-state index in [1.165, 1.54) is 14.0 Å². The number of hydrogen-bond acceptors (Lipinski definition) is 4. The summed E-state index contributed by atoms with van der Waals surface area (Å²) < 4.78 is 0. The Morgan fingerprint density at radius 3 is 2.10 bits per heavy atom. The summed E-state index contributed by atoms with van der Waals surface area (Å²) in [4.78, 5) is 25.0. The van der Waals surface area contributed by atoms with E-state index in [9.17, 15) is 9.59 Å². The SMILES string of the molecule is CO/N=C(/C(C)=O)C(=O)Cl. The van der Waals surface area contributed by atoms with Crippen molar-refractivity contribution in [3.63, 3.8) is 0 Å². The number of nitrogens with zero attached hydrogens (tertiary/aromatic N) is 1. The van der Waals surface area contributed by atoms with Crippen LogP contribution >= 0.6 is 11.6 Å². The van der Waals surface area contributed by atoms with Gasteiger partial charge in [0.05, 0.1) is 0 Å². The van der Waals surface area contributed by atoms with E-state index < -0.39 is 11.0 Å². The molecule has 0 saturated heterocycles. The van der Waals surface area contributed by atoms with Gasteiger partial charge in [0.25, 0.3) is 5.24 Å². The number of rotatable bonds is 3. The van der Waals surface area contributed by atoms with Crippen molar-refractivity contribution in [2.75, 3.05) is 7.11 Å². The predicted molar refractivity (Wildman–Crippen MR) is 36.0 cm³/mol. The van der Waals surface area contributed by atoms with Crippen LogP contribution in [0, 0.1) is 0 Å². The van der Waals surface area contributed by atoms with Gasteiger partial charge in [0.2, 0.25) is 5.71 Å². The van der Waals surface area contributed by atoms with Crippen LogP contribution in [0.1, 0.15) is 6.92 Å². The lowest BCUT2D eigenvalue weighted by Gasteiger charge is -1.91. The highest BCUT2D eigenvalue weighted by Gasteiger charge is 2.13. The Bertz CT molecular complexity index is 171.